The van der Waals surface area contributed by atoms with Crippen LogP contribution in [0.2, 0.25) is 5.02 Å². The molecule has 1 amide bonds. The normalized spacial score (nSPS) is 10.6. The first-order valence-electron chi connectivity index (χ1n) is 5.34. The van der Waals surface area contributed by atoms with Crippen molar-refractivity contribution >= 4 is 57.2 Å². The van der Waals surface area contributed by atoms with Crippen LogP contribution in [0.4, 0.5) is 5.13 Å². The monoisotopic (exact) mass is 351 g/mol. The Bertz CT molecular complexity index is 589. The van der Waals surface area contributed by atoms with Crippen LogP contribution >= 0.6 is 46.1 Å². The number of rotatable bonds is 5. The highest BCUT2D eigenvalue weighted by molar-refractivity contribution is 7.15. The molecule has 20 heavy (non-hydrogen) atoms. The summed E-state index contributed by atoms with van der Waals surface area (Å²) in [5, 5.41) is 11.7. The van der Waals surface area contributed by atoms with Crippen LogP contribution in [0.5, 0.6) is 5.75 Å². The van der Waals surface area contributed by atoms with E-state index < -0.39 is 10.7 Å². The molecular formula is C11H8Cl3N3O2S. The lowest BCUT2D eigenvalue weighted by atomic mass is 10.3. The number of hydrogen-bond acceptors (Lipinski definition) is 5. The summed E-state index contributed by atoms with van der Waals surface area (Å²) in [6.07, 6.45) is 0. The molecule has 0 aliphatic heterocycles. The van der Waals surface area contributed by atoms with E-state index in [1.54, 1.807) is 24.3 Å². The van der Waals surface area contributed by atoms with Crippen LogP contribution in [0.15, 0.2) is 24.3 Å². The second-order valence-corrected chi connectivity index (χ2v) is 6.13. The molecule has 5 nitrogen and oxygen atoms in total. The first kappa shape index (κ1) is 15.3. The Balaban J connectivity index is 1.89. The summed E-state index contributed by atoms with van der Waals surface area (Å²) in [7, 11) is 0. The minimum atomic E-state index is -1.15. The van der Waals surface area contributed by atoms with Gasteiger partial charge in [0.05, 0.1) is 0 Å². The van der Waals surface area contributed by atoms with Crippen molar-refractivity contribution in [3.8, 4) is 5.75 Å². The maximum absolute atomic E-state index is 11.3. The van der Waals surface area contributed by atoms with Crippen molar-refractivity contribution < 1.29 is 9.53 Å². The van der Waals surface area contributed by atoms with E-state index in [1.165, 1.54) is 11.3 Å². The molecule has 0 aliphatic rings. The zero-order valence-corrected chi connectivity index (χ0v) is 12.9. The molecule has 0 saturated carbocycles. The van der Waals surface area contributed by atoms with E-state index in [2.05, 4.69) is 15.5 Å². The largest absolute Gasteiger partial charge is 0.486 e. The molecule has 0 bridgehead atoms. The molecule has 1 N–H and O–H groups in total. The van der Waals surface area contributed by atoms with Crippen molar-refractivity contribution in [1.29, 1.82) is 0 Å². The fourth-order valence-electron chi connectivity index (χ4n) is 1.20. The number of carbonyl (C=O) groups is 1. The van der Waals surface area contributed by atoms with Gasteiger partial charge in [-0.3, -0.25) is 10.1 Å². The zero-order chi connectivity index (χ0) is 14.5. The van der Waals surface area contributed by atoms with Gasteiger partial charge in [-0.05, 0) is 24.3 Å². The van der Waals surface area contributed by atoms with Gasteiger partial charge in [-0.15, -0.1) is 10.2 Å². The quantitative estimate of drug-likeness (QED) is 0.836. The second-order valence-electron chi connectivity index (χ2n) is 3.53. The van der Waals surface area contributed by atoms with Crippen molar-refractivity contribution in [3.05, 3.63) is 34.3 Å². The number of alkyl halides is 2. The minimum absolute atomic E-state index is 0.236. The highest BCUT2D eigenvalue weighted by Gasteiger charge is 2.14. The molecule has 1 aromatic heterocycles. The third-order valence-electron chi connectivity index (χ3n) is 2.07. The van der Waals surface area contributed by atoms with Crippen molar-refractivity contribution in [2.75, 3.05) is 5.32 Å². The highest BCUT2D eigenvalue weighted by Crippen LogP contribution is 2.20. The van der Waals surface area contributed by atoms with Crippen LogP contribution < -0.4 is 10.1 Å². The van der Waals surface area contributed by atoms with Gasteiger partial charge >= 0.3 is 0 Å². The van der Waals surface area contributed by atoms with Gasteiger partial charge in [0.1, 0.15) is 12.4 Å². The molecule has 0 radical (unpaired) electrons. The van der Waals surface area contributed by atoms with Crippen LogP contribution in [0.3, 0.4) is 0 Å². The summed E-state index contributed by atoms with van der Waals surface area (Å²) in [5.74, 6) is 0.117. The summed E-state index contributed by atoms with van der Waals surface area (Å²) in [4.78, 5) is 10.1. The van der Waals surface area contributed by atoms with E-state index >= 15 is 0 Å². The molecule has 2 aromatic rings. The van der Waals surface area contributed by atoms with Gasteiger partial charge in [-0.2, -0.15) is 0 Å². The Kier molecular flexibility index (Phi) is 5.42. The Hall–Kier alpha value is -1.08. The molecule has 9 heteroatoms. The van der Waals surface area contributed by atoms with Crippen LogP contribution in [0.1, 0.15) is 5.01 Å². The number of benzene rings is 1. The average molecular weight is 353 g/mol. The topological polar surface area (TPSA) is 64.1 Å². The Labute approximate surface area is 133 Å². The van der Waals surface area contributed by atoms with Crippen LogP contribution in [-0.2, 0) is 11.4 Å². The summed E-state index contributed by atoms with van der Waals surface area (Å²) in [6, 6.07) is 6.95. The predicted molar refractivity (Wildman–Crippen MR) is 79.8 cm³/mol. The van der Waals surface area contributed by atoms with Crippen molar-refractivity contribution in [2.24, 2.45) is 0 Å². The zero-order valence-electron chi connectivity index (χ0n) is 9.85. The van der Waals surface area contributed by atoms with Crippen LogP contribution in [0, 0.1) is 0 Å². The first-order chi connectivity index (χ1) is 9.54. The predicted octanol–water partition coefficient (Wildman–Crippen LogP) is 3.51. The minimum Gasteiger partial charge on any atom is -0.486 e. The summed E-state index contributed by atoms with van der Waals surface area (Å²) >= 11 is 17.8. The number of amides is 1. The number of anilines is 1. The number of hydrogen-bond donors (Lipinski definition) is 1. The fraction of sp³-hybridized carbons (Fsp3) is 0.182. The number of aromatic nitrogens is 2. The van der Waals surface area contributed by atoms with Gasteiger partial charge in [-0.1, -0.05) is 46.1 Å². The van der Waals surface area contributed by atoms with E-state index in [1.807, 2.05) is 0 Å². The molecule has 0 saturated heterocycles. The molecule has 0 atom stereocenters. The summed E-state index contributed by atoms with van der Waals surface area (Å²) < 4.78 is 5.50. The summed E-state index contributed by atoms with van der Waals surface area (Å²) in [6.45, 7) is 0.236. The third-order valence-corrected chi connectivity index (χ3v) is 3.53. The fourth-order valence-corrected chi connectivity index (χ4v) is 2.09. The number of carbonyl (C=O) groups excluding carboxylic acids is 1. The maximum Gasteiger partial charge on any atom is 0.259 e. The Morgan fingerprint density at radius 3 is 2.65 bits per heavy atom. The third kappa shape index (κ3) is 4.49. The van der Waals surface area contributed by atoms with Gasteiger partial charge < -0.3 is 4.74 Å². The molecule has 1 aromatic carbocycles. The van der Waals surface area contributed by atoms with Gasteiger partial charge in [-0.25, -0.2) is 0 Å². The smallest absolute Gasteiger partial charge is 0.259 e. The molecule has 0 spiro atoms. The van der Waals surface area contributed by atoms with E-state index in [9.17, 15) is 4.79 Å². The van der Waals surface area contributed by atoms with Crippen molar-refractivity contribution in [3.63, 3.8) is 0 Å². The number of nitrogens with one attached hydrogen (secondary N) is 1. The van der Waals surface area contributed by atoms with Crippen LogP contribution in [-0.4, -0.2) is 20.9 Å². The number of ether oxygens (including phenoxy) is 1. The lowest BCUT2D eigenvalue weighted by molar-refractivity contribution is -0.114. The van der Waals surface area contributed by atoms with Gasteiger partial charge in [0.15, 0.2) is 9.84 Å². The first-order valence-corrected chi connectivity index (χ1v) is 7.41. The standard InChI is InChI=1S/C11H8Cl3N3O2S/c12-6-1-3-7(4-2-6)19-5-8-16-17-11(20-8)15-10(18)9(13)14/h1-4,9H,5H2,(H,15,17,18). The van der Waals surface area contributed by atoms with Gasteiger partial charge in [0.2, 0.25) is 5.13 Å². The van der Waals surface area contributed by atoms with E-state index in [-0.39, 0.29) is 6.61 Å². The average Bonchev–Trinajstić information content (AvgIpc) is 2.85. The summed E-state index contributed by atoms with van der Waals surface area (Å²) in [5.41, 5.74) is 0. The van der Waals surface area contributed by atoms with Gasteiger partial charge in [0.25, 0.3) is 5.91 Å². The SMILES string of the molecule is O=C(Nc1nnc(COc2ccc(Cl)cc2)s1)C(Cl)Cl. The molecule has 2 rings (SSSR count). The second kappa shape index (κ2) is 7.08. The van der Waals surface area contributed by atoms with E-state index in [0.29, 0.717) is 20.9 Å². The number of nitrogens with zero attached hydrogens (tertiary/aromatic N) is 2. The lowest BCUT2D eigenvalue weighted by Gasteiger charge is -2.02. The molecule has 0 unspecified atom stereocenters. The number of halogens is 3. The van der Waals surface area contributed by atoms with Crippen LogP contribution in [0.25, 0.3) is 0 Å². The van der Waals surface area contributed by atoms with E-state index in [4.69, 9.17) is 39.5 Å². The van der Waals surface area contributed by atoms with Crippen molar-refractivity contribution in [1.82, 2.24) is 10.2 Å². The van der Waals surface area contributed by atoms with Crippen molar-refractivity contribution in [2.45, 2.75) is 11.4 Å². The van der Waals surface area contributed by atoms with E-state index in [0.717, 1.165) is 0 Å². The maximum atomic E-state index is 11.3. The Morgan fingerprint density at radius 1 is 1.30 bits per heavy atom. The molecular weight excluding hydrogens is 345 g/mol. The molecule has 0 fully saturated rings. The lowest BCUT2D eigenvalue weighted by Crippen LogP contribution is -2.18. The molecule has 0 aliphatic carbocycles. The molecule has 106 valence electrons. The molecule has 1 heterocycles. The highest BCUT2D eigenvalue weighted by atomic mass is 35.5. The van der Waals surface area contributed by atoms with Gasteiger partial charge in [0, 0.05) is 5.02 Å². The Morgan fingerprint density at radius 2 is 2.00 bits per heavy atom.